The van der Waals surface area contributed by atoms with Gasteiger partial charge in [-0.15, -0.1) is 0 Å². The lowest BCUT2D eigenvalue weighted by atomic mass is 9.90. The molecule has 0 aromatic heterocycles. The van der Waals surface area contributed by atoms with Gasteiger partial charge in [0.15, 0.2) is 0 Å². The highest BCUT2D eigenvalue weighted by Crippen LogP contribution is 2.41. The van der Waals surface area contributed by atoms with E-state index in [4.69, 9.17) is 5.73 Å². The van der Waals surface area contributed by atoms with Crippen LogP contribution in [-0.2, 0) is 6.42 Å². The minimum absolute atomic E-state index is 0.210. The van der Waals surface area contributed by atoms with Crippen molar-refractivity contribution in [1.82, 2.24) is 4.90 Å². The molecule has 2 atom stereocenters. The number of nitrogens with zero attached hydrogens (tertiary/aromatic N) is 4. The number of para-hydroxylation sites is 1. The fourth-order valence-corrected chi connectivity index (χ4v) is 4.35. The van der Waals surface area contributed by atoms with Gasteiger partial charge in [-0.2, -0.15) is 0 Å². The number of aliphatic imine (C=N–C) groups is 2. The van der Waals surface area contributed by atoms with Gasteiger partial charge >= 0.3 is 6.03 Å². The molecule has 2 amide bonds. The first kappa shape index (κ1) is 18.4. The number of anilines is 2. The molecule has 7 nitrogen and oxygen atoms in total. The van der Waals surface area contributed by atoms with Crippen molar-refractivity contribution >= 4 is 35.2 Å². The molecule has 2 aromatic rings. The van der Waals surface area contributed by atoms with Crippen molar-refractivity contribution in [3.8, 4) is 0 Å². The molecular weight excluding hydrogens is 383 g/mol. The van der Waals surface area contributed by atoms with Crippen molar-refractivity contribution in [1.29, 1.82) is 0 Å². The SMILES string of the molecule is CN1C=C(c2ccc3c(c2F)CCN3C(=O)Nc2ccccc2)C2C(N)=NC=NC21. The topological polar surface area (TPSA) is 86.3 Å². The molecule has 0 radical (unpaired) electrons. The molecular formula is C22H21FN6O. The van der Waals surface area contributed by atoms with Crippen LogP contribution in [0, 0.1) is 11.7 Å². The molecule has 152 valence electrons. The standard InChI is InChI=1S/C22H21FN6O/c1-28-11-16(18-20(24)25-12-26-21(18)28)14-7-8-17-15(19(14)23)9-10-29(17)22(30)27-13-5-3-2-4-6-13/h2-8,11-12,18,21H,9-10H2,1H3,(H,27,30)(H2,24,25,26). The first-order valence-electron chi connectivity index (χ1n) is 9.78. The van der Waals surface area contributed by atoms with E-state index in [1.54, 1.807) is 17.0 Å². The second kappa shape index (κ2) is 6.98. The lowest BCUT2D eigenvalue weighted by molar-refractivity contribution is 0.257. The summed E-state index contributed by atoms with van der Waals surface area (Å²) in [6, 6.07) is 12.5. The van der Waals surface area contributed by atoms with Gasteiger partial charge in [0.05, 0.1) is 11.6 Å². The number of hydrogen-bond acceptors (Lipinski definition) is 5. The second-order valence-electron chi connectivity index (χ2n) is 7.58. The lowest BCUT2D eigenvalue weighted by Gasteiger charge is -2.25. The van der Waals surface area contributed by atoms with Gasteiger partial charge in [0.1, 0.15) is 24.2 Å². The minimum Gasteiger partial charge on any atom is -0.386 e. The monoisotopic (exact) mass is 404 g/mol. The van der Waals surface area contributed by atoms with Crippen LogP contribution < -0.4 is 16.0 Å². The number of rotatable bonds is 2. The maximum Gasteiger partial charge on any atom is 0.326 e. The average molecular weight is 404 g/mol. The Balaban J connectivity index is 1.45. The number of nitrogens with two attached hydrogens (primary N) is 1. The van der Waals surface area contributed by atoms with E-state index in [1.165, 1.54) is 6.34 Å². The van der Waals surface area contributed by atoms with Crippen LogP contribution in [0.4, 0.5) is 20.6 Å². The van der Waals surface area contributed by atoms with Crippen molar-refractivity contribution in [2.45, 2.75) is 12.6 Å². The second-order valence-corrected chi connectivity index (χ2v) is 7.58. The van der Waals surface area contributed by atoms with Crippen molar-refractivity contribution in [3.63, 3.8) is 0 Å². The Labute approximate surface area is 173 Å². The summed E-state index contributed by atoms with van der Waals surface area (Å²) >= 11 is 0. The predicted octanol–water partition coefficient (Wildman–Crippen LogP) is 3.05. The summed E-state index contributed by atoms with van der Waals surface area (Å²) in [6.07, 6.45) is 3.57. The molecule has 3 N–H and O–H groups in total. The Morgan fingerprint density at radius 1 is 1.23 bits per heavy atom. The van der Waals surface area contributed by atoms with Gasteiger partial charge in [-0.25, -0.2) is 19.2 Å². The van der Waals surface area contributed by atoms with E-state index >= 15 is 4.39 Å². The Morgan fingerprint density at radius 3 is 2.83 bits per heavy atom. The van der Waals surface area contributed by atoms with Crippen LogP contribution in [-0.4, -0.2) is 42.9 Å². The van der Waals surface area contributed by atoms with Crippen LogP contribution in [0.25, 0.3) is 5.57 Å². The number of halogens is 1. The lowest BCUT2D eigenvalue weighted by Crippen LogP contribution is -2.38. The molecule has 0 aliphatic carbocycles. The number of carbonyl (C=O) groups excluding carboxylic acids is 1. The largest absolute Gasteiger partial charge is 0.386 e. The molecule has 2 unspecified atom stereocenters. The van der Waals surface area contributed by atoms with Crippen LogP contribution >= 0.6 is 0 Å². The maximum atomic E-state index is 15.6. The van der Waals surface area contributed by atoms with Crippen LogP contribution in [0.15, 0.2) is 58.6 Å². The number of amidine groups is 1. The third-order valence-electron chi connectivity index (χ3n) is 5.81. The summed E-state index contributed by atoms with van der Waals surface area (Å²) in [5.74, 6) is -0.175. The average Bonchev–Trinajstić information content (AvgIpc) is 3.32. The number of hydrogen-bond donors (Lipinski definition) is 2. The Bertz CT molecular complexity index is 1110. The van der Waals surface area contributed by atoms with E-state index in [1.807, 2.05) is 48.5 Å². The van der Waals surface area contributed by atoms with Crippen molar-refractivity contribution < 1.29 is 9.18 Å². The molecule has 0 bridgehead atoms. The Hall–Kier alpha value is -3.68. The highest BCUT2D eigenvalue weighted by molar-refractivity contribution is 6.04. The summed E-state index contributed by atoms with van der Waals surface area (Å²) < 4.78 is 15.6. The number of carbonyl (C=O) groups is 1. The van der Waals surface area contributed by atoms with E-state index < -0.39 is 0 Å². The number of benzene rings is 2. The normalized spacial score (nSPS) is 21.8. The summed E-state index contributed by atoms with van der Waals surface area (Å²) in [5.41, 5.74) is 9.19. The molecule has 2 aromatic carbocycles. The highest BCUT2D eigenvalue weighted by atomic mass is 19.1. The smallest absolute Gasteiger partial charge is 0.326 e. The molecule has 0 spiro atoms. The van der Waals surface area contributed by atoms with Crippen LogP contribution in [0.5, 0.6) is 0 Å². The maximum absolute atomic E-state index is 15.6. The van der Waals surface area contributed by atoms with Crippen molar-refractivity contribution in [3.05, 3.63) is 65.6 Å². The van der Waals surface area contributed by atoms with Crippen LogP contribution in [0.1, 0.15) is 11.1 Å². The Kier molecular flexibility index (Phi) is 4.27. The fraction of sp³-hybridized carbons (Fsp3) is 0.227. The van der Waals surface area contributed by atoms with Gasteiger partial charge in [0, 0.05) is 36.6 Å². The Morgan fingerprint density at radius 2 is 2.03 bits per heavy atom. The number of nitrogens with one attached hydrogen (secondary N) is 1. The summed E-state index contributed by atoms with van der Waals surface area (Å²) in [5, 5.41) is 2.86. The first-order valence-corrected chi connectivity index (χ1v) is 9.78. The molecule has 5 rings (SSSR count). The van der Waals surface area contributed by atoms with Gasteiger partial charge < -0.3 is 16.0 Å². The third kappa shape index (κ3) is 2.83. The zero-order valence-corrected chi connectivity index (χ0v) is 16.4. The molecule has 3 aliphatic heterocycles. The quantitative estimate of drug-likeness (QED) is 0.807. The zero-order valence-electron chi connectivity index (χ0n) is 16.4. The molecule has 0 saturated heterocycles. The van der Waals surface area contributed by atoms with E-state index in [0.717, 1.165) is 5.57 Å². The minimum atomic E-state index is -0.315. The van der Waals surface area contributed by atoms with Gasteiger partial charge in [0.2, 0.25) is 0 Å². The fourth-order valence-electron chi connectivity index (χ4n) is 4.35. The highest BCUT2D eigenvalue weighted by Gasteiger charge is 2.40. The van der Waals surface area contributed by atoms with Gasteiger partial charge in [-0.3, -0.25) is 4.90 Å². The van der Waals surface area contributed by atoms with E-state index in [0.29, 0.717) is 41.3 Å². The number of urea groups is 1. The van der Waals surface area contributed by atoms with Gasteiger partial charge in [-0.05, 0) is 36.3 Å². The molecule has 3 aliphatic rings. The van der Waals surface area contributed by atoms with Crippen molar-refractivity contribution in [2.75, 3.05) is 23.8 Å². The van der Waals surface area contributed by atoms with Gasteiger partial charge in [-0.1, -0.05) is 18.2 Å². The molecule has 8 heteroatoms. The number of amides is 2. The van der Waals surface area contributed by atoms with Gasteiger partial charge in [0.25, 0.3) is 0 Å². The summed E-state index contributed by atoms with van der Waals surface area (Å²) in [7, 11) is 1.89. The first-order chi connectivity index (χ1) is 14.5. The van der Waals surface area contributed by atoms with Crippen molar-refractivity contribution in [2.24, 2.45) is 21.6 Å². The van der Waals surface area contributed by atoms with Crippen LogP contribution in [0.2, 0.25) is 0 Å². The zero-order chi connectivity index (χ0) is 20.8. The van der Waals surface area contributed by atoms with E-state index in [2.05, 4.69) is 15.3 Å². The van der Waals surface area contributed by atoms with E-state index in [-0.39, 0.29) is 23.9 Å². The molecule has 0 fully saturated rings. The molecule has 3 heterocycles. The number of fused-ring (bicyclic) bond motifs is 2. The summed E-state index contributed by atoms with van der Waals surface area (Å²) in [4.78, 5) is 24.7. The molecule has 30 heavy (non-hydrogen) atoms. The predicted molar refractivity (Wildman–Crippen MR) is 116 cm³/mol. The third-order valence-corrected chi connectivity index (χ3v) is 5.81. The van der Waals surface area contributed by atoms with E-state index in [9.17, 15) is 4.79 Å². The van der Waals surface area contributed by atoms with Crippen LogP contribution in [0.3, 0.4) is 0 Å². The molecule has 0 saturated carbocycles. The summed E-state index contributed by atoms with van der Waals surface area (Å²) in [6.45, 7) is 0.424.